The van der Waals surface area contributed by atoms with Crippen molar-refractivity contribution >= 4 is 23.6 Å². The Morgan fingerprint density at radius 3 is 2.33 bits per heavy atom. The molecule has 0 spiro atoms. The largest absolute Gasteiger partial charge is 0.462 e. The quantitative estimate of drug-likeness (QED) is 0.787. The first-order chi connectivity index (χ1) is 9.90. The van der Waals surface area contributed by atoms with E-state index in [9.17, 15) is 9.59 Å². The van der Waals surface area contributed by atoms with Crippen molar-refractivity contribution in [3.63, 3.8) is 0 Å². The van der Waals surface area contributed by atoms with E-state index in [1.165, 1.54) is 11.8 Å². The Balaban J connectivity index is 2.39. The summed E-state index contributed by atoms with van der Waals surface area (Å²) in [5, 5.41) is 2.65. The van der Waals surface area contributed by atoms with E-state index in [2.05, 4.69) is 5.32 Å². The number of ether oxygens (including phenoxy) is 1. The third-order valence-corrected chi connectivity index (χ3v) is 3.96. The van der Waals surface area contributed by atoms with Crippen LogP contribution in [0.5, 0.6) is 0 Å². The second-order valence-electron chi connectivity index (χ2n) is 5.13. The molecular formula is C16H23NO3S. The van der Waals surface area contributed by atoms with Gasteiger partial charge in [0.25, 0.3) is 0 Å². The predicted octanol–water partition coefficient (Wildman–Crippen LogP) is 2.94. The lowest BCUT2D eigenvalue weighted by molar-refractivity contribution is -0.144. The van der Waals surface area contributed by atoms with E-state index >= 15 is 0 Å². The number of benzene rings is 1. The fourth-order valence-corrected chi connectivity index (χ4v) is 2.39. The van der Waals surface area contributed by atoms with Gasteiger partial charge in [-0.3, -0.25) is 9.59 Å². The fraction of sp³-hybridized carbons (Fsp3) is 0.500. The molecule has 1 rings (SSSR count). The molecule has 0 aliphatic heterocycles. The van der Waals surface area contributed by atoms with Gasteiger partial charge in [-0.15, -0.1) is 11.8 Å². The summed E-state index contributed by atoms with van der Waals surface area (Å²) in [7, 11) is 0. The van der Waals surface area contributed by atoms with Crippen LogP contribution in [0.15, 0.2) is 30.3 Å². The lowest BCUT2D eigenvalue weighted by Gasteiger charge is -2.17. The van der Waals surface area contributed by atoms with E-state index in [1.807, 2.05) is 37.3 Å². The van der Waals surface area contributed by atoms with Gasteiger partial charge in [0.1, 0.15) is 0 Å². The summed E-state index contributed by atoms with van der Waals surface area (Å²) in [6, 6.07) is 9.72. The number of thioether (sulfide) groups is 1. The summed E-state index contributed by atoms with van der Waals surface area (Å²) >= 11 is 1.29. The van der Waals surface area contributed by atoms with E-state index < -0.39 is 0 Å². The van der Waals surface area contributed by atoms with Crippen LogP contribution in [0.2, 0.25) is 0 Å². The summed E-state index contributed by atoms with van der Waals surface area (Å²) in [6.07, 6.45) is -0.125. The predicted molar refractivity (Wildman–Crippen MR) is 86.1 cm³/mol. The molecule has 2 atom stereocenters. The lowest BCUT2D eigenvalue weighted by Crippen LogP contribution is -2.33. The third kappa shape index (κ3) is 6.67. The van der Waals surface area contributed by atoms with Crippen molar-refractivity contribution in [2.24, 2.45) is 0 Å². The van der Waals surface area contributed by atoms with Crippen molar-refractivity contribution in [1.29, 1.82) is 0 Å². The molecule has 5 heteroatoms. The Kier molecular flexibility index (Phi) is 7.29. The minimum absolute atomic E-state index is 0.0515. The molecule has 0 fully saturated rings. The van der Waals surface area contributed by atoms with Crippen LogP contribution < -0.4 is 5.32 Å². The number of hydrogen-bond donors (Lipinski definition) is 1. The number of nitrogens with one attached hydrogen (secondary N) is 1. The minimum Gasteiger partial charge on any atom is -0.462 e. The Hall–Kier alpha value is -1.49. The molecule has 1 N–H and O–H groups in total. The maximum Gasteiger partial charge on any atom is 0.316 e. The third-order valence-electron chi connectivity index (χ3n) is 2.85. The van der Waals surface area contributed by atoms with E-state index in [0.29, 0.717) is 0 Å². The first-order valence-electron chi connectivity index (χ1n) is 7.06. The van der Waals surface area contributed by atoms with E-state index in [-0.39, 0.29) is 35.0 Å². The second kappa shape index (κ2) is 8.72. The highest BCUT2D eigenvalue weighted by atomic mass is 32.2. The van der Waals surface area contributed by atoms with Gasteiger partial charge < -0.3 is 10.1 Å². The van der Waals surface area contributed by atoms with Gasteiger partial charge in [-0.2, -0.15) is 0 Å². The molecule has 4 nitrogen and oxygen atoms in total. The zero-order chi connectivity index (χ0) is 15.8. The van der Waals surface area contributed by atoms with Crippen LogP contribution >= 0.6 is 11.8 Å². The molecule has 0 aliphatic carbocycles. The highest BCUT2D eigenvalue weighted by Gasteiger charge is 2.18. The molecule has 0 aromatic heterocycles. The van der Waals surface area contributed by atoms with Crippen LogP contribution in [-0.4, -0.2) is 29.0 Å². The molecule has 116 valence electrons. The van der Waals surface area contributed by atoms with Crippen molar-refractivity contribution in [2.75, 3.05) is 5.75 Å². The van der Waals surface area contributed by atoms with Crippen LogP contribution in [0.3, 0.4) is 0 Å². The van der Waals surface area contributed by atoms with Crippen molar-refractivity contribution in [3.8, 4) is 0 Å². The van der Waals surface area contributed by atoms with Gasteiger partial charge in [0.05, 0.1) is 23.1 Å². The topological polar surface area (TPSA) is 55.4 Å². The molecule has 0 radical (unpaired) electrons. The van der Waals surface area contributed by atoms with Crippen LogP contribution in [0.4, 0.5) is 0 Å². The monoisotopic (exact) mass is 309 g/mol. The maximum atomic E-state index is 12.1. The highest BCUT2D eigenvalue weighted by molar-refractivity contribution is 8.01. The van der Waals surface area contributed by atoms with Gasteiger partial charge in [0.15, 0.2) is 0 Å². The Morgan fingerprint density at radius 2 is 1.76 bits per heavy atom. The fourth-order valence-electron chi connectivity index (χ4n) is 1.72. The molecule has 2 unspecified atom stereocenters. The van der Waals surface area contributed by atoms with Gasteiger partial charge in [0, 0.05) is 0 Å². The minimum atomic E-state index is -0.295. The molecule has 0 heterocycles. The molecule has 1 aromatic rings. The lowest BCUT2D eigenvalue weighted by atomic mass is 10.1. The van der Waals surface area contributed by atoms with Crippen molar-refractivity contribution in [1.82, 2.24) is 5.32 Å². The van der Waals surface area contributed by atoms with Gasteiger partial charge >= 0.3 is 5.97 Å². The van der Waals surface area contributed by atoms with Gasteiger partial charge in [-0.05, 0) is 33.3 Å². The number of hydrogen-bond acceptors (Lipinski definition) is 4. The summed E-state index contributed by atoms with van der Waals surface area (Å²) < 4.78 is 5.04. The number of amides is 1. The number of rotatable bonds is 7. The summed E-state index contributed by atoms with van der Waals surface area (Å²) in [5.41, 5.74) is 1.06. The van der Waals surface area contributed by atoms with Gasteiger partial charge in [-0.1, -0.05) is 30.3 Å². The molecular weight excluding hydrogens is 286 g/mol. The average molecular weight is 309 g/mol. The van der Waals surface area contributed by atoms with Crippen LogP contribution in [0.1, 0.15) is 39.3 Å². The van der Waals surface area contributed by atoms with Crippen LogP contribution in [0, 0.1) is 0 Å². The first kappa shape index (κ1) is 17.6. The highest BCUT2D eigenvalue weighted by Crippen LogP contribution is 2.15. The smallest absolute Gasteiger partial charge is 0.316 e. The average Bonchev–Trinajstić information content (AvgIpc) is 2.44. The molecule has 0 saturated carbocycles. The van der Waals surface area contributed by atoms with Crippen molar-refractivity contribution in [2.45, 2.75) is 45.1 Å². The van der Waals surface area contributed by atoms with Crippen LogP contribution in [0.25, 0.3) is 0 Å². The molecule has 21 heavy (non-hydrogen) atoms. The SMILES string of the molecule is CC(C)OC(=O)CSC(C)C(=O)NC(C)c1ccccc1. The Labute approximate surface area is 130 Å². The van der Waals surface area contributed by atoms with E-state index in [4.69, 9.17) is 4.74 Å². The number of esters is 1. The Bertz CT molecular complexity index is 462. The molecule has 0 bridgehead atoms. The first-order valence-corrected chi connectivity index (χ1v) is 8.11. The standard InChI is InChI=1S/C16H23NO3S/c1-11(2)20-15(18)10-21-13(4)16(19)17-12(3)14-8-6-5-7-9-14/h5-9,11-13H,10H2,1-4H3,(H,17,19). The Morgan fingerprint density at radius 1 is 1.14 bits per heavy atom. The zero-order valence-electron chi connectivity index (χ0n) is 13.0. The van der Waals surface area contributed by atoms with E-state index in [0.717, 1.165) is 5.56 Å². The molecule has 0 saturated heterocycles. The van der Waals surface area contributed by atoms with Crippen molar-refractivity contribution in [3.05, 3.63) is 35.9 Å². The summed E-state index contributed by atoms with van der Waals surface area (Å²) in [4.78, 5) is 23.5. The zero-order valence-corrected chi connectivity index (χ0v) is 13.8. The normalized spacial score (nSPS) is 13.6. The molecule has 1 amide bonds. The van der Waals surface area contributed by atoms with Gasteiger partial charge in [0.2, 0.25) is 5.91 Å². The summed E-state index contributed by atoms with van der Waals surface area (Å²) in [5.74, 6) is -0.175. The number of carbonyl (C=O) groups excluding carboxylic acids is 2. The summed E-state index contributed by atoms with van der Waals surface area (Å²) in [6.45, 7) is 7.35. The van der Waals surface area contributed by atoms with E-state index in [1.54, 1.807) is 20.8 Å². The van der Waals surface area contributed by atoms with Crippen LogP contribution in [-0.2, 0) is 14.3 Å². The van der Waals surface area contributed by atoms with Crippen molar-refractivity contribution < 1.29 is 14.3 Å². The second-order valence-corrected chi connectivity index (χ2v) is 6.46. The molecule has 1 aromatic carbocycles. The maximum absolute atomic E-state index is 12.1. The van der Waals surface area contributed by atoms with Gasteiger partial charge in [-0.25, -0.2) is 0 Å². The number of carbonyl (C=O) groups is 2. The molecule has 0 aliphatic rings.